The minimum Gasteiger partial charge on any atom is -0.493 e. The van der Waals surface area contributed by atoms with Crippen LogP contribution >= 0.6 is 0 Å². The lowest BCUT2D eigenvalue weighted by Gasteiger charge is -2.32. The summed E-state index contributed by atoms with van der Waals surface area (Å²) in [7, 11) is 1.71. The lowest BCUT2D eigenvalue weighted by Crippen LogP contribution is -3.27. The molecule has 1 heterocycles. The number of quaternary nitrogens is 2. The third-order valence-corrected chi connectivity index (χ3v) is 7.55. The van der Waals surface area contributed by atoms with Crippen LogP contribution in [0.2, 0.25) is 0 Å². The molecule has 1 aliphatic heterocycles. The first kappa shape index (κ1) is 20.6. The van der Waals surface area contributed by atoms with Gasteiger partial charge in [-0.2, -0.15) is 0 Å². The fraction of sp³-hybridized carbons (Fsp3) is 0.481. The number of nitrogens with one attached hydrogen (secondary N) is 2. The van der Waals surface area contributed by atoms with Gasteiger partial charge in [0, 0.05) is 11.5 Å². The monoisotopic (exact) mass is 420 g/mol. The number of rotatable bonds is 8. The van der Waals surface area contributed by atoms with Crippen molar-refractivity contribution in [3.05, 3.63) is 71.8 Å². The summed E-state index contributed by atoms with van der Waals surface area (Å²) >= 11 is 0. The van der Waals surface area contributed by atoms with Crippen molar-refractivity contribution in [2.75, 3.05) is 39.8 Å². The van der Waals surface area contributed by atoms with Crippen LogP contribution in [0.15, 0.2) is 60.7 Å². The van der Waals surface area contributed by atoms with Gasteiger partial charge in [-0.15, -0.1) is 0 Å². The topological polar surface area (TPSA) is 27.3 Å². The van der Waals surface area contributed by atoms with Crippen LogP contribution in [0, 0.1) is 17.8 Å². The highest BCUT2D eigenvalue weighted by Crippen LogP contribution is 2.42. The predicted molar refractivity (Wildman–Crippen MR) is 123 cm³/mol. The number of allylic oxidation sites excluding steroid dienone is 2. The molecule has 1 saturated heterocycles. The quantitative estimate of drug-likeness (QED) is 0.637. The van der Waals surface area contributed by atoms with E-state index < -0.39 is 0 Å². The van der Waals surface area contributed by atoms with Crippen LogP contribution in [0.4, 0.5) is 0 Å². The van der Waals surface area contributed by atoms with Crippen molar-refractivity contribution in [2.24, 2.45) is 17.8 Å². The van der Waals surface area contributed by atoms with Crippen molar-refractivity contribution in [3.8, 4) is 11.5 Å². The maximum atomic E-state index is 6.12. The van der Waals surface area contributed by atoms with Gasteiger partial charge in [0.05, 0.1) is 13.7 Å². The van der Waals surface area contributed by atoms with Crippen molar-refractivity contribution in [3.63, 3.8) is 0 Å². The van der Waals surface area contributed by atoms with Gasteiger partial charge in [0.1, 0.15) is 39.3 Å². The molecule has 0 spiro atoms. The molecule has 2 aliphatic carbocycles. The van der Waals surface area contributed by atoms with Crippen molar-refractivity contribution in [1.29, 1.82) is 0 Å². The van der Waals surface area contributed by atoms with Gasteiger partial charge in [0.25, 0.3) is 0 Å². The normalized spacial score (nSPS) is 29.3. The van der Waals surface area contributed by atoms with Crippen LogP contribution in [0.5, 0.6) is 11.5 Å². The molecule has 2 aromatic carbocycles. The largest absolute Gasteiger partial charge is 0.493 e. The third-order valence-electron chi connectivity index (χ3n) is 7.55. The molecule has 5 rings (SSSR count). The zero-order valence-electron chi connectivity index (χ0n) is 18.7. The fourth-order valence-corrected chi connectivity index (χ4v) is 5.81. The van der Waals surface area contributed by atoms with Crippen LogP contribution in [0.25, 0.3) is 0 Å². The van der Waals surface area contributed by atoms with E-state index in [4.69, 9.17) is 9.47 Å². The van der Waals surface area contributed by atoms with Crippen LogP contribution in [0.3, 0.4) is 0 Å². The summed E-state index contributed by atoms with van der Waals surface area (Å²) in [6, 6.07) is 16.7. The molecule has 0 unspecified atom stereocenters. The predicted octanol–water partition coefficient (Wildman–Crippen LogP) is 1.77. The smallest absolute Gasteiger partial charge is 0.162 e. The average molecular weight is 421 g/mol. The van der Waals surface area contributed by atoms with Gasteiger partial charge in [-0.05, 0) is 48.4 Å². The molecule has 164 valence electrons. The van der Waals surface area contributed by atoms with Crippen molar-refractivity contribution in [1.82, 2.24) is 0 Å². The highest BCUT2D eigenvalue weighted by molar-refractivity contribution is 5.43. The Labute approximate surface area is 186 Å². The minimum absolute atomic E-state index is 0.563. The van der Waals surface area contributed by atoms with Gasteiger partial charge in [-0.1, -0.05) is 42.5 Å². The van der Waals surface area contributed by atoms with Crippen LogP contribution in [-0.4, -0.2) is 39.8 Å². The van der Waals surface area contributed by atoms with Crippen LogP contribution < -0.4 is 19.3 Å². The zero-order chi connectivity index (χ0) is 21.0. The molecule has 4 nitrogen and oxygen atoms in total. The van der Waals surface area contributed by atoms with Gasteiger partial charge < -0.3 is 19.3 Å². The highest BCUT2D eigenvalue weighted by atomic mass is 16.5. The SMILES string of the molecule is COc1ccc(C[NH+]2CC[NH+](C[C@H]3C[C@H]4C=C[C@H]3C4)CC2)cc1OCc1ccccc1. The average Bonchev–Trinajstić information content (AvgIpc) is 3.43. The molecule has 4 heteroatoms. The van der Waals surface area contributed by atoms with Crippen molar-refractivity contribution >= 4 is 0 Å². The van der Waals surface area contributed by atoms with E-state index in [1.807, 2.05) is 23.1 Å². The number of hydrogen-bond donors (Lipinski definition) is 2. The Morgan fingerprint density at radius 3 is 2.35 bits per heavy atom. The first-order valence-electron chi connectivity index (χ1n) is 12.0. The summed E-state index contributed by atoms with van der Waals surface area (Å²) in [5.74, 6) is 4.38. The van der Waals surface area contributed by atoms with E-state index >= 15 is 0 Å². The van der Waals surface area contributed by atoms with Gasteiger partial charge in [0.2, 0.25) is 0 Å². The van der Waals surface area contributed by atoms with Gasteiger partial charge in [-0.25, -0.2) is 0 Å². The molecule has 2 bridgehead atoms. The molecule has 0 aromatic heterocycles. The van der Waals surface area contributed by atoms with Crippen LogP contribution in [0.1, 0.15) is 24.0 Å². The van der Waals surface area contributed by atoms with Crippen molar-refractivity contribution in [2.45, 2.75) is 26.0 Å². The third kappa shape index (κ3) is 4.97. The van der Waals surface area contributed by atoms with Crippen molar-refractivity contribution < 1.29 is 19.3 Å². The van der Waals surface area contributed by atoms with E-state index in [-0.39, 0.29) is 0 Å². The number of hydrogen-bond acceptors (Lipinski definition) is 2. The second-order valence-corrected chi connectivity index (χ2v) is 9.68. The summed E-state index contributed by atoms with van der Waals surface area (Å²) in [5, 5.41) is 0. The lowest BCUT2D eigenvalue weighted by atomic mass is 9.93. The molecule has 0 radical (unpaired) electrons. The molecular weight excluding hydrogens is 384 g/mol. The summed E-state index contributed by atoms with van der Waals surface area (Å²) in [5.41, 5.74) is 2.51. The number of methoxy groups -OCH3 is 1. The molecule has 31 heavy (non-hydrogen) atoms. The molecular formula is C27H36N2O2+2. The highest BCUT2D eigenvalue weighted by Gasteiger charge is 2.38. The minimum atomic E-state index is 0.563. The van der Waals surface area contributed by atoms with E-state index in [1.165, 1.54) is 56.7 Å². The number of benzene rings is 2. The Hall–Kier alpha value is -2.30. The Morgan fingerprint density at radius 2 is 1.65 bits per heavy atom. The molecule has 3 aliphatic rings. The molecule has 2 N–H and O–H groups in total. The molecule has 2 aromatic rings. The van der Waals surface area contributed by atoms with E-state index in [9.17, 15) is 0 Å². The molecule has 2 fully saturated rings. The fourth-order valence-electron chi connectivity index (χ4n) is 5.81. The van der Waals surface area contributed by atoms with E-state index in [0.717, 1.165) is 35.8 Å². The first-order valence-corrected chi connectivity index (χ1v) is 12.0. The summed E-state index contributed by atoms with van der Waals surface area (Å²) in [6.45, 7) is 8.15. The Bertz CT molecular complexity index is 889. The molecule has 1 saturated carbocycles. The van der Waals surface area contributed by atoms with Gasteiger partial charge >= 0.3 is 0 Å². The van der Waals surface area contributed by atoms with Gasteiger partial charge in [-0.3, -0.25) is 0 Å². The molecule has 0 amide bonds. The Balaban J connectivity index is 1.13. The van der Waals surface area contributed by atoms with Crippen LogP contribution in [-0.2, 0) is 13.2 Å². The Kier molecular flexibility index (Phi) is 6.28. The second-order valence-electron chi connectivity index (χ2n) is 9.68. The van der Waals surface area contributed by atoms with E-state index in [0.29, 0.717) is 6.61 Å². The standard InChI is InChI=1S/C27H34N2O2/c1-30-26-10-8-23(17-27(26)31-20-21-5-3-2-4-6-21)18-28-11-13-29(14-12-28)19-25-16-22-7-9-24(25)15-22/h2-10,17,22,24-25H,11-16,18-20H2,1H3/p+2/t22-,24-,25+/m0/s1. The summed E-state index contributed by atoms with van der Waals surface area (Å²) in [4.78, 5) is 3.52. The maximum Gasteiger partial charge on any atom is 0.162 e. The number of fused-ring (bicyclic) bond motifs is 2. The maximum absolute atomic E-state index is 6.12. The van der Waals surface area contributed by atoms with E-state index in [1.54, 1.807) is 12.0 Å². The molecule has 3 atom stereocenters. The Morgan fingerprint density at radius 1 is 0.839 bits per heavy atom. The van der Waals surface area contributed by atoms with Gasteiger partial charge in [0.15, 0.2) is 11.5 Å². The number of ether oxygens (including phenoxy) is 2. The first-order chi connectivity index (χ1) is 15.3. The second kappa shape index (κ2) is 9.46. The zero-order valence-corrected chi connectivity index (χ0v) is 18.7. The summed E-state index contributed by atoms with van der Waals surface area (Å²) in [6.07, 6.45) is 7.84. The van der Waals surface area contributed by atoms with E-state index in [2.05, 4.69) is 42.5 Å². The number of piperazine rings is 1. The lowest BCUT2D eigenvalue weighted by molar-refractivity contribution is -1.02. The summed E-state index contributed by atoms with van der Waals surface area (Å²) < 4.78 is 11.7.